The van der Waals surface area contributed by atoms with Crippen molar-refractivity contribution in [2.24, 2.45) is 0 Å². The zero-order chi connectivity index (χ0) is 29.4. The molecular weight excluding hydrogens is 552 g/mol. The quantitative estimate of drug-likeness (QED) is 0.147. The Balaban J connectivity index is 1.44. The van der Waals surface area contributed by atoms with Crippen LogP contribution in [0.1, 0.15) is 42.1 Å². The molecule has 216 valence electrons. The van der Waals surface area contributed by atoms with Crippen molar-refractivity contribution >= 4 is 40.8 Å². The molecule has 41 heavy (non-hydrogen) atoms. The minimum atomic E-state index is -1.65. The first-order valence-corrected chi connectivity index (χ1v) is 13.4. The number of nitrogens with zero attached hydrogens (tertiary/aromatic N) is 1. The van der Waals surface area contributed by atoms with Gasteiger partial charge >= 0.3 is 11.9 Å². The molecule has 1 heterocycles. The molecule has 0 saturated carbocycles. The molecule has 1 aliphatic rings. The van der Waals surface area contributed by atoms with Crippen molar-refractivity contribution < 1.29 is 34.2 Å². The third-order valence-corrected chi connectivity index (χ3v) is 6.58. The maximum absolute atomic E-state index is 13.2. The van der Waals surface area contributed by atoms with Crippen LogP contribution in [-0.2, 0) is 25.6 Å². The van der Waals surface area contributed by atoms with Crippen LogP contribution in [0.25, 0.3) is 11.1 Å². The highest BCUT2D eigenvalue weighted by atomic mass is 35.5. The normalized spacial score (nSPS) is 13.6. The molecule has 0 aliphatic carbocycles. The van der Waals surface area contributed by atoms with Crippen molar-refractivity contribution in [3.63, 3.8) is 0 Å². The lowest BCUT2D eigenvalue weighted by Crippen LogP contribution is -2.40. The molecule has 0 aromatic heterocycles. The highest BCUT2D eigenvalue weighted by Crippen LogP contribution is 2.30. The van der Waals surface area contributed by atoms with Crippen molar-refractivity contribution in [1.82, 2.24) is 10.9 Å². The average molecular weight is 583 g/mol. The SMILES string of the molecule is CCCC(=O)OCON1NNc2ccc(C(=O)N[C@H](Cc3ccc(-c4cccc(Cl)c4)cc3)C[C@@H](O)C(=O)O)cc21. The number of carboxylic acid groups (broad SMARTS) is 1. The van der Waals surface area contributed by atoms with Gasteiger partial charge in [-0.3, -0.25) is 15.0 Å². The summed E-state index contributed by atoms with van der Waals surface area (Å²) in [6.07, 6.45) is -0.622. The molecule has 3 aromatic carbocycles. The highest BCUT2D eigenvalue weighted by molar-refractivity contribution is 6.30. The predicted octanol–water partition coefficient (Wildman–Crippen LogP) is 4.07. The number of esters is 1. The van der Waals surface area contributed by atoms with Gasteiger partial charge in [-0.2, -0.15) is 5.17 Å². The summed E-state index contributed by atoms with van der Waals surface area (Å²) in [6.45, 7) is 1.54. The van der Waals surface area contributed by atoms with Gasteiger partial charge in [0.1, 0.15) is 5.69 Å². The Kier molecular flexibility index (Phi) is 10.1. The number of aliphatic hydroxyl groups excluding tert-OH is 1. The van der Waals surface area contributed by atoms with Crippen LogP contribution >= 0.6 is 11.6 Å². The summed E-state index contributed by atoms with van der Waals surface area (Å²) < 4.78 is 5.01. The van der Waals surface area contributed by atoms with Crippen molar-refractivity contribution in [2.45, 2.75) is 44.8 Å². The van der Waals surface area contributed by atoms with E-state index < -0.39 is 24.0 Å². The topological polar surface area (TPSA) is 149 Å². The van der Waals surface area contributed by atoms with Crippen molar-refractivity contribution in [3.05, 3.63) is 82.9 Å². The molecule has 1 amide bonds. The Hall–Kier alpha value is -4.16. The monoisotopic (exact) mass is 582 g/mol. The average Bonchev–Trinajstić information content (AvgIpc) is 3.35. The minimum Gasteiger partial charge on any atom is -0.479 e. The summed E-state index contributed by atoms with van der Waals surface area (Å²) >= 11 is 6.10. The molecule has 0 fully saturated rings. The van der Waals surface area contributed by atoms with Crippen LogP contribution in [-0.4, -0.2) is 47.0 Å². The number of halogens is 1. The van der Waals surface area contributed by atoms with Gasteiger partial charge in [0.05, 0.1) is 5.69 Å². The third-order valence-electron chi connectivity index (χ3n) is 6.35. The Labute approximate surface area is 241 Å². The number of carbonyl (C=O) groups excluding carboxylic acids is 2. The van der Waals surface area contributed by atoms with Crippen LogP contribution in [0.2, 0.25) is 5.02 Å². The largest absolute Gasteiger partial charge is 0.479 e. The number of hydrogen-bond donors (Lipinski definition) is 5. The van der Waals surface area contributed by atoms with Gasteiger partial charge in [-0.1, -0.05) is 54.9 Å². The van der Waals surface area contributed by atoms with E-state index in [0.29, 0.717) is 29.2 Å². The second kappa shape index (κ2) is 14.0. The fourth-order valence-electron chi connectivity index (χ4n) is 4.26. The van der Waals surface area contributed by atoms with E-state index in [4.69, 9.17) is 21.2 Å². The van der Waals surface area contributed by atoms with E-state index in [-0.39, 0.29) is 31.2 Å². The summed E-state index contributed by atoms with van der Waals surface area (Å²) in [7, 11) is 0. The molecule has 0 unspecified atom stereocenters. The zero-order valence-electron chi connectivity index (χ0n) is 22.3. The first-order chi connectivity index (χ1) is 19.7. The lowest BCUT2D eigenvalue weighted by Gasteiger charge is -2.21. The molecule has 3 aromatic rings. The van der Waals surface area contributed by atoms with E-state index in [1.54, 1.807) is 24.3 Å². The van der Waals surface area contributed by atoms with Crippen molar-refractivity contribution in [2.75, 3.05) is 17.4 Å². The van der Waals surface area contributed by atoms with Gasteiger partial charge in [0.2, 0.25) is 6.79 Å². The number of ether oxygens (including phenoxy) is 1. The van der Waals surface area contributed by atoms with Crippen molar-refractivity contribution in [3.8, 4) is 11.1 Å². The standard InChI is InChI=1S/C29H31ClN4O7/c1-2-4-27(36)40-17-41-34-25-15-21(11-12-24(25)32-33-34)28(37)31-23(16-26(35)29(38)39)13-18-7-9-19(10-8-18)20-5-3-6-22(30)14-20/h3,5-12,14-15,23,26,32-33,35H,2,4,13,16-17H2,1H3,(H,31,37)(H,38,39)/t23-,26-/m1/s1. The van der Waals surface area contributed by atoms with Gasteiger partial charge in [-0.25, -0.2) is 9.63 Å². The van der Waals surface area contributed by atoms with Gasteiger partial charge < -0.3 is 20.3 Å². The summed E-state index contributed by atoms with van der Waals surface area (Å²) in [5, 5.41) is 24.0. The van der Waals surface area contributed by atoms with Crippen LogP contribution in [0.3, 0.4) is 0 Å². The van der Waals surface area contributed by atoms with E-state index >= 15 is 0 Å². The van der Waals surface area contributed by atoms with E-state index in [2.05, 4.69) is 16.3 Å². The number of rotatable bonds is 13. The molecule has 4 rings (SSSR count). The summed E-state index contributed by atoms with van der Waals surface area (Å²) in [6, 6.07) is 19.2. The molecular formula is C29H31ClN4O7. The fraction of sp³-hybridized carbons (Fsp3) is 0.276. The number of benzene rings is 3. The van der Waals surface area contributed by atoms with E-state index in [1.165, 1.54) is 5.17 Å². The first kappa shape index (κ1) is 29.8. The number of nitrogens with one attached hydrogen (secondary N) is 3. The van der Waals surface area contributed by atoms with E-state index in [0.717, 1.165) is 16.7 Å². The Morgan fingerprint density at radius 1 is 1.05 bits per heavy atom. The number of amides is 1. The second-order valence-electron chi connectivity index (χ2n) is 9.45. The number of carbonyl (C=O) groups is 3. The van der Waals surface area contributed by atoms with Gasteiger partial charge in [0.15, 0.2) is 6.10 Å². The molecule has 2 atom stereocenters. The number of hydrogen-bond acceptors (Lipinski definition) is 9. The Morgan fingerprint density at radius 2 is 1.83 bits per heavy atom. The van der Waals surface area contributed by atoms with Gasteiger partial charge in [-0.15, -0.1) is 5.53 Å². The molecule has 1 aliphatic heterocycles. The van der Waals surface area contributed by atoms with Gasteiger partial charge in [-0.05, 0) is 59.9 Å². The van der Waals surface area contributed by atoms with Crippen LogP contribution in [0.15, 0.2) is 66.7 Å². The number of hydrazine groups is 2. The summed E-state index contributed by atoms with van der Waals surface area (Å²) in [5.41, 5.74) is 9.77. The molecule has 12 heteroatoms. The predicted molar refractivity (Wildman–Crippen MR) is 153 cm³/mol. The summed E-state index contributed by atoms with van der Waals surface area (Å²) in [4.78, 5) is 41.6. The lowest BCUT2D eigenvalue weighted by atomic mass is 9.97. The number of aliphatic hydroxyl groups is 1. The van der Waals surface area contributed by atoms with Crippen LogP contribution in [0.4, 0.5) is 11.4 Å². The van der Waals surface area contributed by atoms with Crippen LogP contribution in [0, 0.1) is 0 Å². The van der Waals surface area contributed by atoms with Crippen molar-refractivity contribution in [1.29, 1.82) is 0 Å². The van der Waals surface area contributed by atoms with E-state index in [9.17, 15) is 24.6 Å². The minimum absolute atomic E-state index is 0.191. The third kappa shape index (κ3) is 8.18. The number of aliphatic carboxylic acids is 1. The second-order valence-corrected chi connectivity index (χ2v) is 9.88. The number of anilines is 2. The smallest absolute Gasteiger partial charge is 0.332 e. The maximum Gasteiger partial charge on any atom is 0.332 e. The molecule has 0 saturated heterocycles. The first-order valence-electron chi connectivity index (χ1n) is 13.0. The molecule has 11 nitrogen and oxygen atoms in total. The molecule has 0 radical (unpaired) electrons. The zero-order valence-corrected chi connectivity index (χ0v) is 23.1. The van der Waals surface area contributed by atoms with Gasteiger partial charge in [0.25, 0.3) is 5.91 Å². The summed E-state index contributed by atoms with van der Waals surface area (Å²) in [5.74, 6) is -2.23. The number of fused-ring (bicyclic) bond motifs is 1. The highest BCUT2D eigenvalue weighted by Gasteiger charge is 2.25. The fourth-order valence-corrected chi connectivity index (χ4v) is 4.45. The van der Waals surface area contributed by atoms with Crippen LogP contribution < -0.4 is 21.4 Å². The number of carboxylic acids is 1. The molecule has 0 spiro atoms. The Morgan fingerprint density at radius 3 is 2.54 bits per heavy atom. The Bertz CT molecular complexity index is 1390. The molecule has 0 bridgehead atoms. The van der Waals surface area contributed by atoms with E-state index in [1.807, 2.05) is 49.4 Å². The molecule has 5 N–H and O–H groups in total. The van der Waals surface area contributed by atoms with Gasteiger partial charge in [0, 0.05) is 29.5 Å². The van der Waals surface area contributed by atoms with Crippen LogP contribution in [0.5, 0.6) is 0 Å². The maximum atomic E-state index is 13.2. The lowest BCUT2D eigenvalue weighted by molar-refractivity contribution is -0.158.